The van der Waals surface area contributed by atoms with Crippen molar-refractivity contribution in [3.8, 4) is 33.8 Å². The molecule has 0 radical (unpaired) electrons. The van der Waals surface area contributed by atoms with Crippen molar-refractivity contribution in [3.05, 3.63) is 120 Å². The lowest BCUT2D eigenvalue weighted by Crippen LogP contribution is -2.15. The fraction of sp³-hybridized carbons (Fsp3) is 0.0857. The third kappa shape index (κ3) is 2.84. The fourth-order valence-electron chi connectivity index (χ4n) is 6.24. The molecule has 2 aromatic heterocycles. The summed E-state index contributed by atoms with van der Waals surface area (Å²) in [5, 5.41) is 3.31. The van der Waals surface area contributed by atoms with Gasteiger partial charge in [0.2, 0.25) is 0 Å². The van der Waals surface area contributed by atoms with Gasteiger partial charge in [-0.05, 0) is 40.5 Å². The van der Waals surface area contributed by atoms with Crippen molar-refractivity contribution >= 4 is 32.8 Å². The fourth-order valence-corrected chi connectivity index (χ4v) is 6.24. The van der Waals surface area contributed by atoms with Crippen LogP contribution in [0.2, 0.25) is 0 Å². The van der Waals surface area contributed by atoms with Gasteiger partial charge in [0, 0.05) is 32.7 Å². The number of rotatable bonds is 2. The number of hydrogen-bond acceptors (Lipinski definition) is 3. The highest BCUT2D eigenvalue weighted by atomic mass is 16.3. The maximum absolute atomic E-state index is 6.68. The van der Waals surface area contributed by atoms with E-state index in [4.69, 9.17) is 14.4 Å². The minimum Gasteiger partial charge on any atom is -0.455 e. The largest absolute Gasteiger partial charge is 0.455 e. The van der Waals surface area contributed by atoms with Crippen molar-refractivity contribution in [1.29, 1.82) is 0 Å². The normalized spacial score (nSPS) is 13.7. The van der Waals surface area contributed by atoms with Crippen LogP contribution in [-0.4, -0.2) is 9.97 Å². The van der Waals surface area contributed by atoms with Gasteiger partial charge in [0.1, 0.15) is 11.2 Å². The summed E-state index contributed by atoms with van der Waals surface area (Å²) < 4.78 is 6.68. The van der Waals surface area contributed by atoms with Crippen molar-refractivity contribution in [2.24, 2.45) is 0 Å². The molecule has 2 heterocycles. The molecule has 0 saturated carbocycles. The highest BCUT2D eigenvalue weighted by Gasteiger charge is 2.38. The van der Waals surface area contributed by atoms with Crippen LogP contribution in [0.5, 0.6) is 0 Å². The average Bonchev–Trinajstić information content (AvgIpc) is 3.45. The van der Waals surface area contributed by atoms with Gasteiger partial charge in [-0.25, -0.2) is 9.97 Å². The first kappa shape index (κ1) is 21.3. The summed E-state index contributed by atoms with van der Waals surface area (Å²) in [7, 11) is 0. The van der Waals surface area contributed by atoms with Gasteiger partial charge in [-0.15, -0.1) is 0 Å². The summed E-state index contributed by atoms with van der Waals surface area (Å²) in [6.45, 7) is 4.64. The lowest BCUT2D eigenvalue weighted by molar-refractivity contribution is 0.657. The molecule has 0 aliphatic heterocycles. The molecule has 0 saturated heterocycles. The molecular formula is C35H24N2O. The third-order valence-electron chi connectivity index (χ3n) is 8.08. The summed E-state index contributed by atoms with van der Waals surface area (Å²) in [5.41, 5.74) is 10.6. The van der Waals surface area contributed by atoms with Crippen molar-refractivity contribution in [3.63, 3.8) is 0 Å². The van der Waals surface area contributed by atoms with Crippen LogP contribution in [0.15, 0.2) is 114 Å². The molecule has 0 atom stereocenters. The zero-order valence-electron chi connectivity index (χ0n) is 21.2. The number of nitrogens with zero attached hydrogens (tertiary/aromatic N) is 2. The Morgan fingerprint density at radius 3 is 2.21 bits per heavy atom. The SMILES string of the molecule is CC1(C)c2ccccc2-c2c1cc(-c1nc(-c3ccccc3)nc3ccccc13)c1oc3ccccc3c21. The van der Waals surface area contributed by atoms with Crippen LogP contribution in [0.25, 0.3) is 66.6 Å². The van der Waals surface area contributed by atoms with Crippen LogP contribution < -0.4 is 0 Å². The van der Waals surface area contributed by atoms with E-state index >= 15 is 0 Å². The van der Waals surface area contributed by atoms with Crippen molar-refractivity contribution in [2.75, 3.05) is 0 Å². The van der Waals surface area contributed by atoms with Crippen LogP contribution in [0.1, 0.15) is 25.0 Å². The minimum absolute atomic E-state index is 0.154. The first-order valence-corrected chi connectivity index (χ1v) is 13.0. The number of furan rings is 1. The van der Waals surface area contributed by atoms with Crippen molar-refractivity contribution in [2.45, 2.75) is 19.3 Å². The Hall–Kier alpha value is -4.76. The zero-order valence-corrected chi connectivity index (χ0v) is 21.2. The number of aromatic nitrogens is 2. The summed E-state index contributed by atoms with van der Waals surface area (Å²) >= 11 is 0. The van der Waals surface area contributed by atoms with Crippen molar-refractivity contribution < 1.29 is 4.42 Å². The highest BCUT2D eigenvalue weighted by molar-refractivity contribution is 6.19. The highest BCUT2D eigenvalue weighted by Crippen LogP contribution is 2.55. The molecule has 8 rings (SSSR count). The van der Waals surface area contributed by atoms with E-state index in [1.165, 1.54) is 22.3 Å². The molecule has 5 aromatic carbocycles. The van der Waals surface area contributed by atoms with E-state index in [-0.39, 0.29) is 5.41 Å². The Bertz CT molecular complexity index is 2050. The van der Waals surface area contributed by atoms with Crippen LogP contribution in [0.4, 0.5) is 0 Å². The standard InChI is InChI=1S/C35H24N2O/c1-35(2)26-17-9-6-14-22(26)30-27(35)20-25(33-31(30)24-16-8-11-19-29(24)38-33)32-23-15-7-10-18-28(23)36-34(37-32)21-12-4-3-5-13-21/h3-20H,1-2H3. The molecule has 1 aliphatic carbocycles. The maximum atomic E-state index is 6.68. The molecule has 7 aromatic rings. The van der Waals surface area contributed by atoms with E-state index in [1.54, 1.807) is 0 Å². The smallest absolute Gasteiger partial charge is 0.160 e. The Morgan fingerprint density at radius 2 is 1.34 bits per heavy atom. The second-order valence-electron chi connectivity index (χ2n) is 10.6. The average molecular weight is 489 g/mol. The first-order valence-electron chi connectivity index (χ1n) is 13.0. The van der Waals surface area contributed by atoms with Crippen LogP contribution >= 0.6 is 0 Å². The molecule has 0 fully saturated rings. The molecular weight excluding hydrogens is 464 g/mol. The first-order chi connectivity index (χ1) is 18.6. The van der Waals surface area contributed by atoms with Gasteiger partial charge < -0.3 is 4.42 Å². The summed E-state index contributed by atoms with van der Waals surface area (Å²) in [6.07, 6.45) is 0. The Labute approximate surface area is 220 Å². The predicted molar refractivity (Wildman–Crippen MR) is 155 cm³/mol. The van der Waals surface area contributed by atoms with Gasteiger partial charge >= 0.3 is 0 Å². The van der Waals surface area contributed by atoms with Gasteiger partial charge in [0.15, 0.2) is 5.82 Å². The Balaban J connectivity index is 1.55. The maximum Gasteiger partial charge on any atom is 0.160 e. The molecule has 0 amide bonds. The van der Waals surface area contributed by atoms with E-state index in [2.05, 4.69) is 92.7 Å². The van der Waals surface area contributed by atoms with Gasteiger partial charge in [-0.3, -0.25) is 0 Å². The van der Waals surface area contributed by atoms with E-state index in [0.29, 0.717) is 5.82 Å². The Morgan fingerprint density at radius 1 is 0.632 bits per heavy atom. The number of hydrogen-bond donors (Lipinski definition) is 0. The monoisotopic (exact) mass is 488 g/mol. The van der Waals surface area contributed by atoms with E-state index in [0.717, 1.165) is 49.7 Å². The topological polar surface area (TPSA) is 38.9 Å². The second-order valence-corrected chi connectivity index (χ2v) is 10.6. The lowest BCUT2D eigenvalue weighted by atomic mass is 9.81. The van der Waals surface area contributed by atoms with E-state index in [1.807, 2.05) is 30.3 Å². The molecule has 0 spiro atoms. The van der Waals surface area contributed by atoms with Gasteiger partial charge in [-0.2, -0.15) is 0 Å². The van der Waals surface area contributed by atoms with E-state index in [9.17, 15) is 0 Å². The summed E-state index contributed by atoms with van der Waals surface area (Å²) in [5.74, 6) is 0.714. The lowest BCUT2D eigenvalue weighted by Gasteiger charge is -2.22. The summed E-state index contributed by atoms with van der Waals surface area (Å²) in [4.78, 5) is 10.2. The minimum atomic E-state index is -0.154. The second kappa shape index (κ2) is 7.62. The van der Waals surface area contributed by atoms with Gasteiger partial charge in [0.05, 0.1) is 11.2 Å². The summed E-state index contributed by atoms with van der Waals surface area (Å²) in [6, 6.07) is 37.9. The molecule has 0 N–H and O–H groups in total. The molecule has 3 heteroatoms. The van der Waals surface area contributed by atoms with Crippen molar-refractivity contribution in [1.82, 2.24) is 9.97 Å². The third-order valence-corrected chi connectivity index (χ3v) is 8.08. The van der Waals surface area contributed by atoms with Gasteiger partial charge in [0.25, 0.3) is 0 Å². The van der Waals surface area contributed by atoms with Crippen LogP contribution in [0.3, 0.4) is 0 Å². The number of benzene rings is 5. The number of fused-ring (bicyclic) bond motifs is 8. The van der Waals surface area contributed by atoms with Gasteiger partial charge in [-0.1, -0.05) is 105 Å². The van der Waals surface area contributed by atoms with Crippen LogP contribution in [-0.2, 0) is 5.41 Å². The van der Waals surface area contributed by atoms with Crippen LogP contribution in [0, 0.1) is 0 Å². The Kier molecular flexibility index (Phi) is 4.28. The molecule has 1 aliphatic rings. The molecule has 0 unspecified atom stereocenters. The van der Waals surface area contributed by atoms with E-state index < -0.39 is 0 Å². The molecule has 38 heavy (non-hydrogen) atoms. The number of para-hydroxylation sites is 2. The molecule has 0 bridgehead atoms. The quantitative estimate of drug-likeness (QED) is 0.243. The molecule has 3 nitrogen and oxygen atoms in total. The molecule has 180 valence electrons. The predicted octanol–water partition coefficient (Wildman–Crippen LogP) is 9.17. The zero-order chi connectivity index (χ0) is 25.4.